The summed E-state index contributed by atoms with van der Waals surface area (Å²) in [5.74, 6) is 2.71. The number of hydrogen-bond acceptors (Lipinski definition) is 4. The molecule has 0 saturated heterocycles. The maximum Gasteiger partial charge on any atom is 0.223 e. The zero-order valence-electron chi connectivity index (χ0n) is 15.5. The van der Waals surface area contributed by atoms with Gasteiger partial charge in [-0.3, -0.25) is 0 Å². The van der Waals surface area contributed by atoms with Crippen LogP contribution in [0.25, 0.3) is 0 Å². The normalized spacial score (nSPS) is 10.9. The summed E-state index contributed by atoms with van der Waals surface area (Å²) < 4.78 is 6.14. The first-order chi connectivity index (χ1) is 12.7. The van der Waals surface area contributed by atoms with Gasteiger partial charge in [0.05, 0.1) is 0 Å². The summed E-state index contributed by atoms with van der Waals surface area (Å²) >= 11 is 1.64. The van der Waals surface area contributed by atoms with Crippen molar-refractivity contribution in [3.63, 3.8) is 0 Å². The highest BCUT2D eigenvalue weighted by molar-refractivity contribution is 7.98. The lowest BCUT2D eigenvalue weighted by Gasteiger charge is -2.14. The van der Waals surface area contributed by atoms with Crippen LogP contribution in [-0.4, -0.2) is 9.97 Å². The Labute approximate surface area is 159 Å². The van der Waals surface area contributed by atoms with E-state index in [2.05, 4.69) is 61.1 Å². The molecule has 0 aliphatic carbocycles. The summed E-state index contributed by atoms with van der Waals surface area (Å²) in [6.45, 7) is 6.43. The Bertz CT molecular complexity index is 850. The first kappa shape index (κ1) is 18.5. The smallest absolute Gasteiger partial charge is 0.223 e. The molecule has 3 aromatic rings. The van der Waals surface area contributed by atoms with Crippen LogP contribution in [0.3, 0.4) is 0 Å². The third kappa shape index (κ3) is 4.85. The van der Waals surface area contributed by atoms with Gasteiger partial charge in [0, 0.05) is 17.5 Å². The molecule has 134 valence electrons. The average Bonchev–Trinajstić information content (AvgIpc) is 2.67. The lowest BCUT2D eigenvalue weighted by molar-refractivity contribution is 0.446. The molecule has 0 aliphatic rings. The summed E-state index contributed by atoms with van der Waals surface area (Å²) in [4.78, 5) is 9.26. The molecule has 0 amide bonds. The van der Waals surface area contributed by atoms with Crippen molar-refractivity contribution in [2.75, 3.05) is 0 Å². The van der Waals surface area contributed by atoms with Gasteiger partial charge < -0.3 is 4.74 Å². The van der Waals surface area contributed by atoms with Crippen molar-refractivity contribution in [1.29, 1.82) is 0 Å². The largest absolute Gasteiger partial charge is 0.439 e. The molecule has 0 radical (unpaired) electrons. The number of aryl methyl sites for hydroxylation is 1. The van der Waals surface area contributed by atoms with Crippen LogP contribution in [0, 0.1) is 0 Å². The highest BCUT2D eigenvalue weighted by Crippen LogP contribution is 2.31. The zero-order valence-corrected chi connectivity index (χ0v) is 16.3. The fourth-order valence-corrected chi connectivity index (χ4v) is 3.46. The number of para-hydroxylation sites is 1. The fourth-order valence-electron chi connectivity index (χ4n) is 2.63. The first-order valence-electron chi connectivity index (χ1n) is 8.97. The van der Waals surface area contributed by atoms with Gasteiger partial charge >= 0.3 is 0 Å². The fraction of sp³-hybridized carbons (Fsp3) is 0.273. The maximum absolute atomic E-state index is 6.14. The molecule has 4 heteroatoms. The molecule has 3 nitrogen and oxygen atoms in total. The van der Waals surface area contributed by atoms with E-state index in [0.717, 1.165) is 28.8 Å². The number of ether oxygens (including phenoxy) is 1. The van der Waals surface area contributed by atoms with Crippen molar-refractivity contribution >= 4 is 11.8 Å². The second-order valence-corrected chi connectivity index (χ2v) is 7.35. The van der Waals surface area contributed by atoms with Crippen molar-refractivity contribution in [3.8, 4) is 11.6 Å². The number of hydrogen-bond donors (Lipinski definition) is 0. The van der Waals surface area contributed by atoms with Gasteiger partial charge in [-0.1, -0.05) is 81.1 Å². The number of aromatic nitrogens is 2. The lowest BCUT2D eigenvalue weighted by atomic mass is 10.0. The molecule has 2 aromatic carbocycles. The molecule has 0 aliphatic heterocycles. The Balaban J connectivity index is 1.81. The first-order valence-corrected chi connectivity index (χ1v) is 9.95. The van der Waals surface area contributed by atoms with E-state index in [0.29, 0.717) is 11.8 Å². The standard InChI is InChI=1S/C22H24N2OS/c1-4-18-14-21(25-20-13-9-8-12-19(20)16(2)3)24-22(23-18)26-15-17-10-6-5-7-11-17/h5-14,16H,4,15H2,1-3H3. The topological polar surface area (TPSA) is 35.0 Å². The number of rotatable bonds is 7. The molecule has 0 fully saturated rings. The van der Waals surface area contributed by atoms with E-state index in [1.54, 1.807) is 11.8 Å². The molecule has 0 atom stereocenters. The molecule has 1 heterocycles. The Morgan fingerprint density at radius 1 is 0.962 bits per heavy atom. The molecular formula is C22H24N2OS. The molecule has 1 aromatic heterocycles. The van der Waals surface area contributed by atoms with Crippen LogP contribution in [0.2, 0.25) is 0 Å². The minimum atomic E-state index is 0.394. The summed E-state index contributed by atoms with van der Waals surface area (Å²) in [5, 5.41) is 0.755. The molecule has 0 bridgehead atoms. The van der Waals surface area contributed by atoms with Gasteiger partial charge in [0.2, 0.25) is 5.88 Å². The predicted molar refractivity (Wildman–Crippen MR) is 108 cm³/mol. The van der Waals surface area contributed by atoms with Gasteiger partial charge in [0.15, 0.2) is 5.16 Å². The summed E-state index contributed by atoms with van der Waals surface area (Å²) in [7, 11) is 0. The van der Waals surface area contributed by atoms with Crippen LogP contribution in [0.15, 0.2) is 65.8 Å². The van der Waals surface area contributed by atoms with Gasteiger partial charge in [-0.05, 0) is 29.5 Å². The molecule has 0 saturated carbocycles. The number of thioether (sulfide) groups is 1. The van der Waals surface area contributed by atoms with E-state index in [4.69, 9.17) is 4.74 Å². The number of benzene rings is 2. The van der Waals surface area contributed by atoms with Crippen LogP contribution >= 0.6 is 11.8 Å². The second-order valence-electron chi connectivity index (χ2n) is 6.40. The number of nitrogens with zero attached hydrogens (tertiary/aromatic N) is 2. The van der Waals surface area contributed by atoms with Crippen LogP contribution in [-0.2, 0) is 12.2 Å². The highest BCUT2D eigenvalue weighted by Gasteiger charge is 2.11. The Kier molecular flexibility index (Phi) is 6.29. The van der Waals surface area contributed by atoms with Gasteiger partial charge in [-0.25, -0.2) is 4.98 Å². The summed E-state index contributed by atoms with van der Waals surface area (Å²) in [6.07, 6.45) is 0.851. The highest BCUT2D eigenvalue weighted by atomic mass is 32.2. The van der Waals surface area contributed by atoms with Crippen molar-refractivity contribution in [3.05, 3.63) is 77.5 Å². The van der Waals surface area contributed by atoms with Crippen LogP contribution < -0.4 is 4.74 Å². The minimum absolute atomic E-state index is 0.394. The van der Waals surface area contributed by atoms with Crippen molar-refractivity contribution in [2.45, 2.75) is 44.0 Å². The Morgan fingerprint density at radius 3 is 2.42 bits per heavy atom. The lowest BCUT2D eigenvalue weighted by Crippen LogP contribution is -1.99. The molecule has 3 rings (SSSR count). The Morgan fingerprint density at radius 2 is 1.69 bits per heavy atom. The van der Waals surface area contributed by atoms with E-state index in [9.17, 15) is 0 Å². The van der Waals surface area contributed by atoms with E-state index in [1.807, 2.05) is 30.3 Å². The van der Waals surface area contributed by atoms with Gasteiger partial charge in [-0.15, -0.1) is 0 Å². The Hall–Kier alpha value is -2.33. The molecule has 0 spiro atoms. The summed E-state index contributed by atoms with van der Waals surface area (Å²) in [5.41, 5.74) is 3.44. The van der Waals surface area contributed by atoms with E-state index in [-0.39, 0.29) is 0 Å². The zero-order chi connectivity index (χ0) is 18.4. The van der Waals surface area contributed by atoms with Gasteiger partial charge in [0.25, 0.3) is 0 Å². The maximum atomic E-state index is 6.14. The van der Waals surface area contributed by atoms with Crippen LogP contribution in [0.5, 0.6) is 11.6 Å². The van der Waals surface area contributed by atoms with Crippen molar-refractivity contribution in [2.24, 2.45) is 0 Å². The van der Waals surface area contributed by atoms with Crippen LogP contribution in [0.1, 0.15) is 43.5 Å². The molecular weight excluding hydrogens is 340 g/mol. The predicted octanol–water partition coefficient (Wildman–Crippen LogP) is 6.25. The quantitative estimate of drug-likeness (QED) is 0.367. The van der Waals surface area contributed by atoms with Crippen LogP contribution in [0.4, 0.5) is 0 Å². The third-order valence-corrected chi connectivity index (χ3v) is 4.98. The minimum Gasteiger partial charge on any atom is -0.439 e. The monoisotopic (exact) mass is 364 g/mol. The summed E-state index contributed by atoms with van der Waals surface area (Å²) in [6, 6.07) is 20.4. The SMILES string of the molecule is CCc1cc(Oc2ccccc2C(C)C)nc(SCc2ccccc2)n1. The second kappa shape index (κ2) is 8.86. The van der Waals surface area contributed by atoms with Gasteiger partial charge in [0.1, 0.15) is 5.75 Å². The van der Waals surface area contributed by atoms with Crippen molar-refractivity contribution < 1.29 is 4.74 Å². The van der Waals surface area contributed by atoms with E-state index in [1.165, 1.54) is 11.1 Å². The van der Waals surface area contributed by atoms with E-state index >= 15 is 0 Å². The molecule has 0 unspecified atom stereocenters. The van der Waals surface area contributed by atoms with Crippen molar-refractivity contribution in [1.82, 2.24) is 9.97 Å². The third-order valence-electron chi connectivity index (χ3n) is 4.06. The molecule has 0 N–H and O–H groups in total. The van der Waals surface area contributed by atoms with Gasteiger partial charge in [-0.2, -0.15) is 4.98 Å². The van der Waals surface area contributed by atoms with E-state index < -0.39 is 0 Å². The average molecular weight is 365 g/mol. The molecule has 26 heavy (non-hydrogen) atoms.